The first-order valence-corrected chi connectivity index (χ1v) is 10.5. The fourth-order valence-corrected chi connectivity index (χ4v) is 4.77. The number of hydrogen-bond acceptors (Lipinski definition) is 2. The first kappa shape index (κ1) is 19.3. The number of hydrogen-bond donors (Lipinski definition) is 1. The van der Waals surface area contributed by atoms with E-state index in [1.165, 1.54) is 5.56 Å². The topological polar surface area (TPSA) is 58.9 Å². The van der Waals surface area contributed by atoms with Crippen LogP contribution < -0.4 is 0 Å². The van der Waals surface area contributed by atoms with Crippen LogP contribution in [0.5, 0.6) is 0 Å². The van der Waals surface area contributed by atoms with Gasteiger partial charge in [0.15, 0.2) is 0 Å². The van der Waals surface area contributed by atoms with Gasteiger partial charge in [-0.15, -0.1) is 0 Å². The van der Waals surface area contributed by atoms with E-state index in [0.717, 1.165) is 55.6 Å². The maximum Gasteiger partial charge on any atom is 0.214 e. The third-order valence-electron chi connectivity index (χ3n) is 6.31. The molecule has 1 aliphatic rings. The molecule has 0 fully saturated rings. The lowest BCUT2D eigenvalue weighted by Crippen LogP contribution is -2.15. The summed E-state index contributed by atoms with van der Waals surface area (Å²) in [6, 6.07) is 20.9. The van der Waals surface area contributed by atoms with Gasteiger partial charge in [-0.1, -0.05) is 71.8 Å². The minimum atomic E-state index is -0.324. The zero-order valence-electron chi connectivity index (χ0n) is 17.9. The summed E-state index contributed by atoms with van der Waals surface area (Å²) in [5, 5.41) is 12.8. The smallest absolute Gasteiger partial charge is 0.214 e. The van der Waals surface area contributed by atoms with E-state index >= 15 is 0 Å². The number of para-hydroxylation sites is 1. The molecule has 31 heavy (non-hydrogen) atoms. The predicted molar refractivity (Wildman–Crippen MR) is 126 cm³/mol. The molecule has 0 spiro atoms. The van der Waals surface area contributed by atoms with Crippen molar-refractivity contribution in [3.05, 3.63) is 115 Å². The third kappa shape index (κ3) is 3.25. The van der Waals surface area contributed by atoms with E-state index in [-0.39, 0.29) is 17.4 Å². The molecule has 1 N–H and O–H groups in total. The maximum absolute atomic E-state index is 11.8. The lowest BCUT2D eigenvalue weighted by molar-refractivity contribution is -0.481. The molecular formula is C27H24N2O2. The van der Waals surface area contributed by atoms with Gasteiger partial charge in [-0.2, -0.15) is 0 Å². The summed E-state index contributed by atoms with van der Waals surface area (Å²) in [5.74, 6) is -0.324. The van der Waals surface area contributed by atoms with E-state index < -0.39 is 0 Å². The van der Waals surface area contributed by atoms with Crippen LogP contribution in [0, 0.1) is 30.9 Å². The average molecular weight is 409 g/mol. The van der Waals surface area contributed by atoms with Crippen molar-refractivity contribution >= 4 is 22.6 Å². The summed E-state index contributed by atoms with van der Waals surface area (Å²) >= 11 is 0. The van der Waals surface area contributed by atoms with Crippen LogP contribution in [-0.4, -0.2) is 16.5 Å². The highest BCUT2D eigenvalue weighted by Crippen LogP contribution is 2.44. The molecule has 0 radical (unpaired) electrons. The largest absolute Gasteiger partial charge is 0.354 e. The molecule has 0 aliphatic heterocycles. The van der Waals surface area contributed by atoms with E-state index in [2.05, 4.69) is 79.5 Å². The van der Waals surface area contributed by atoms with Crippen LogP contribution in [0.15, 0.2) is 60.7 Å². The van der Waals surface area contributed by atoms with Gasteiger partial charge in [0.05, 0.1) is 11.6 Å². The summed E-state index contributed by atoms with van der Waals surface area (Å²) in [5.41, 5.74) is 10.7. The number of benzene rings is 3. The summed E-state index contributed by atoms with van der Waals surface area (Å²) in [7, 11) is 0. The highest BCUT2D eigenvalue weighted by atomic mass is 16.6. The van der Waals surface area contributed by atoms with Gasteiger partial charge < -0.3 is 4.98 Å². The Labute approximate surface area is 181 Å². The number of aromatic nitrogens is 1. The highest BCUT2D eigenvalue weighted by Gasteiger charge is 2.32. The molecule has 3 aromatic carbocycles. The summed E-state index contributed by atoms with van der Waals surface area (Å²) in [6.45, 7) is 6.06. The van der Waals surface area contributed by atoms with Crippen molar-refractivity contribution in [2.75, 3.05) is 6.54 Å². The van der Waals surface area contributed by atoms with Crippen molar-refractivity contribution in [3.63, 3.8) is 0 Å². The Balaban J connectivity index is 1.90. The molecule has 0 saturated heterocycles. The molecule has 1 atom stereocenters. The van der Waals surface area contributed by atoms with Gasteiger partial charge in [-0.3, -0.25) is 10.1 Å². The van der Waals surface area contributed by atoms with Crippen LogP contribution in [0.25, 0.3) is 22.6 Å². The zero-order valence-corrected chi connectivity index (χ0v) is 17.9. The number of nitro groups is 1. The highest BCUT2D eigenvalue weighted by molar-refractivity contribution is 6.00. The molecule has 4 nitrogen and oxygen atoms in total. The van der Waals surface area contributed by atoms with Crippen LogP contribution >= 0.6 is 0 Å². The standard InChI is InChI=1S/C27H24N2O2/c1-16-7-10-19(11-8-16)23-14-20-12-9-17(2)13-22(20)24(15-29(30)31)25-21-6-4-5-18(3)26(21)28-27(23)25/h4-14,24,28H,15H2,1-3H3. The van der Waals surface area contributed by atoms with Crippen LogP contribution in [0.2, 0.25) is 0 Å². The molecular weight excluding hydrogens is 384 g/mol. The van der Waals surface area contributed by atoms with Gasteiger partial charge >= 0.3 is 0 Å². The van der Waals surface area contributed by atoms with Crippen LogP contribution in [-0.2, 0) is 0 Å². The molecule has 1 unspecified atom stereocenters. The van der Waals surface area contributed by atoms with Crippen molar-refractivity contribution in [2.24, 2.45) is 0 Å². The first-order chi connectivity index (χ1) is 14.9. The molecule has 1 aliphatic carbocycles. The Morgan fingerprint density at radius 1 is 0.968 bits per heavy atom. The fraction of sp³-hybridized carbons (Fsp3) is 0.185. The van der Waals surface area contributed by atoms with Gasteiger partial charge in [0.1, 0.15) is 0 Å². The van der Waals surface area contributed by atoms with Gasteiger partial charge in [-0.05, 0) is 54.7 Å². The minimum Gasteiger partial charge on any atom is -0.354 e. The normalized spacial score (nSPS) is 15.2. The van der Waals surface area contributed by atoms with Crippen molar-refractivity contribution in [1.29, 1.82) is 0 Å². The molecule has 5 rings (SSSR count). The number of aryl methyl sites for hydroxylation is 3. The van der Waals surface area contributed by atoms with Gasteiger partial charge in [-0.25, -0.2) is 0 Å². The van der Waals surface area contributed by atoms with Gasteiger partial charge in [0.25, 0.3) is 0 Å². The fourth-order valence-electron chi connectivity index (χ4n) is 4.77. The summed E-state index contributed by atoms with van der Waals surface area (Å²) in [6.07, 6.45) is 2.18. The second-order valence-corrected chi connectivity index (χ2v) is 8.54. The Morgan fingerprint density at radius 3 is 2.45 bits per heavy atom. The Bertz CT molecular complexity index is 1360. The molecule has 1 aromatic heterocycles. The molecule has 0 amide bonds. The lowest BCUT2D eigenvalue weighted by atomic mass is 9.86. The van der Waals surface area contributed by atoms with E-state index in [9.17, 15) is 10.1 Å². The van der Waals surface area contributed by atoms with Crippen molar-refractivity contribution in [2.45, 2.75) is 26.7 Å². The van der Waals surface area contributed by atoms with E-state index in [1.807, 2.05) is 13.0 Å². The number of fused-ring (bicyclic) bond motifs is 4. The number of H-pyrrole nitrogens is 1. The number of aromatic amines is 1. The summed E-state index contributed by atoms with van der Waals surface area (Å²) in [4.78, 5) is 15.2. The lowest BCUT2D eigenvalue weighted by Gasteiger charge is -2.16. The Hall–Kier alpha value is -3.66. The zero-order chi connectivity index (χ0) is 21.7. The Kier molecular flexibility index (Phi) is 4.51. The molecule has 1 heterocycles. The summed E-state index contributed by atoms with van der Waals surface area (Å²) < 4.78 is 0. The van der Waals surface area contributed by atoms with E-state index in [1.54, 1.807) is 0 Å². The van der Waals surface area contributed by atoms with Crippen LogP contribution in [0.4, 0.5) is 0 Å². The molecule has 0 bridgehead atoms. The average Bonchev–Trinajstić information content (AvgIpc) is 3.07. The second kappa shape index (κ2) is 7.24. The SMILES string of the molecule is Cc1ccc(C2=Cc3ccc(C)cc3C(C[N+](=O)[O-])c3c2[nH]c2c(C)cccc32)cc1. The Morgan fingerprint density at radius 2 is 1.71 bits per heavy atom. The number of nitrogens with one attached hydrogen (secondary N) is 1. The van der Waals surface area contributed by atoms with E-state index in [0.29, 0.717) is 0 Å². The molecule has 4 aromatic rings. The van der Waals surface area contributed by atoms with Gasteiger partial charge in [0, 0.05) is 21.4 Å². The molecule has 0 saturated carbocycles. The maximum atomic E-state index is 11.8. The number of nitrogens with zero attached hydrogens (tertiary/aromatic N) is 1. The van der Waals surface area contributed by atoms with Crippen LogP contribution in [0.3, 0.4) is 0 Å². The predicted octanol–water partition coefficient (Wildman–Crippen LogP) is 6.40. The number of rotatable bonds is 3. The first-order valence-electron chi connectivity index (χ1n) is 10.5. The van der Waals surface area contributed by atoms with Crippen LogP contribution in [0.1, 0.15) is 50.6 Å². The quantitative estimate of drug-likeness (QED) is 0.315. The molecule has 154 valence electrons. The monoisotopic (exact) mass is 408 g/mol. The molecule has 4 heteroatoms. The van der Waals surface area contributed by atoms with E-state index in [4.69, 9.17) is 0 Å². The van der Waals surface area contributed by atoms with Crippen molar-refractivity contribution < 1.29 is 4.92 Å². The van der Waals surface area contributed by atoms with Crippen molar-refractivity contribution in [1.82, 2.24) is 4.98 Å². The second-order valence-electron chi connectivity index (χ2n) is 8.54. The third-order valence-corrected chi connectivity index (χ3v) is 6.31. The minimum absolute atomic E-state index is 0.140. The van der Waals surface area contributed by atoms with Crippen molar-refractivity contribution in [3.8, 4) is 0 Å². The van der Waals surface area contributed by atoms with Gasteiger partial charge in [0.2, 0.25) is 6.54 Å².